The summed E-state index contributed by atoms with van der Waals surface area (Å²) in [6, 6.07) is 14.5. The van der Waals surface area contributed by atoms with Crippen LogP contribution in [0.3, 0.4) is 0 Å². The molecule has 0 saturated heterocycles. The molecule has 0 spiro atoms. The number of para-hydroxylation sites is 1. The summed E-state index contributed by atoms with van der Waals surface area (Å²) in [5, 5.41) is 7.65. The van der Waals surface area contributed by atoms with Gasteiger partial charge < -0.3 is 10.1 Å². The summed E-state index contributed by atoms with van der Waals surface area (Å²) in [4.78, 5) is 29.2. The Kier molecular flexibility index (Phi) is 6.61. The zero-order chi connectivity index (χ0) is 20.8. The molecule has 3 rings (SSSR count). The number of hydrogen-bond acceptors (Lipinski definition) is 5. The largest absolute Gasteiger partial charge is 0.497 e. The van der Waals surface area contributed by atoms with Crippen LogP contribution in [0.4, 0.5) is 10.8 Å². The fraction of sp³-hybridized carbons (Fsp3) is 0.227. The van der Waals surface area contributed by atoms with Gasteiger partial charge in [-0.25, -0.2) is 4.98 Å². The smallest absolute Gasteiger partial charge is 0.275 e. The van der Waals surface area contributed by atoms with Gasteiger partial charge in [-0.3, -0.25) is 14.9 Å². The van der Waals surface area contributed by atoms with Crippen LogP contribution in [0.15, 0.2) is 53.9 Å². The molecule has 0 saturated carbocycles. The van der Waals surface area contributed by atoms with E-state index in [1.807, 2.05) is 24.3 Å². The number of aromatic nitrogens is 1. The lowest BCUT2D eigenvalue weighted by Crippen LogP contribution is -2.15. The van der Waals surface area contributed by atoms with E-state index in [0.29, 0.717) is 22.4 Å². The molecule has 1 aromatic heterocycles. The maximum absolute atomic E-state index is 12.6. The summed E-state index contributed by atoms with van der Waals surface area (Å²) in [6.45, 7) is 4.24. The number of nitrogens with zero attached hydrogens (tertiary/aromatic N) is 1. The molecule has 2 N–H and O–H groups in total. The third-order valence-electron chi connectivity index (χ3n) is 4.66. The maximum atomic E-state index is 12.6. The van der Waals surface area contributed by atoms with Gasteiger partial charge in [0, 0.05) is 16.6 Å². The number of rotatable bonds is 7. The quantitative estimate of drug-likeness (QED) is 0.564. The highest BCUT2D eigenvalue weighted by atomic mass is 32.1. The van der Waals surface area contributed by atoms with E-state index in [1.165, 1.54) is 11.3 Å². The second-order valence-corrected chi connectivity index (χ2v) is 7.43. The number of thiazole rings is 1. The maximum Gasteiger partial charge on any atom is 0.275 e. The average Bonchev–Trinajstić information content (AvgIpc) is 3.22. The minimum atomic E-state index is -0.304. The summed E-state index contributed by atoms with van der Waals surface area (Å²) < 4.78 is 5.09. The van der Waals surface area contributed by atoms with Gasteiger partial charge in [0.25, 0.3) is 11.8 Å². The normalized spacial score (nSPS) is 11.6. The Morgan fingerprint density at radius 1 is 1.07 bits per heavy atom. The number of benzene rings is 2. The highest BCUT2D eigenvalue weighted by molar-refractivity contribution is 7.14. The molecular formula is C22H23N3O3S. The van der Waals surface area contributed by atoms with Gasteiger partial charge >= 0.3 is 0 Å². The van der Waals surface area contributed by atoms with Crippen LogP contribution in [0.1, 0.15) is 52.6 Å². The van der Waals surface area contributed by atoms with Crippen molar-refractivity contribution < 1.29 is 14.3 Å². The van der Waals surface area contributed by atoms with Crippen LogP contribution in [0.2, 0.25) is 0 Å². The van der Waals surface area contributed by atoms with E-state index in [4.69, 9.17) is 4.74 Å². The molecule has 0 aliphatic carbocycles. The molecular weight excluding hydrogens is 386 g/mol. The Balaban J connectivity index is 1.68. The van der Waals surface area contributed by atoms with Crippen LogP contribution in [-0.4, -0.2) is 23.9 Å². The molecule has 0 aliphatic heterocycles. The molecule has 1 heterocycles. The number of amides is 2. The summed E-state index contributed by atoms with van der Waals surface area (Å²) in [5.41, 5.74) is 2.61. The lowest BCUT2D eigenvalue weighted by atomic mass is 9.97. The van der Waals surface area contributed by atoms with E-state index in [1.54, 1.807) is 36.8 Å². The first-order chi connectivity index (χ1) is 14.0. The lowest BCUT2D eigenvalue weighted by Gasteiger charge is -2.15. The van der Waals surface area contributed by atoms with E-state index >= 15 is 0 Å². The van der Waals surface area contributed by atoms with E-state index in [-0.39, 0.29) is 17.5 Å². The van der Waals surface area contributed by atoms with Crippen molar-refractivity contribution in [2.24, 2.45) is 0 Å². The van der Waals surface area contributed by atoms with Crippen LogP contribution >= 0.6 is 11.3 Å². The molecule has 6 nitrogen and oxygen atoms in total. The van der Waals surface area contributed by atoms with Gasteiger partial charge in [0.1, 0.15) is 11.4 Å². The molecule has 2 amide bonds. The highest BCUT2D eigenvalue weighted by Crippen LogP contribution is 2.27. The van der Waals surface area contributed by atoms with Crippen LogP contribution in [0.25, 0.3) is 0 Å². The van der Waals surface area contributed by atoms with Gasteiger partial charge in [-0.1, -0.05) is 32.0 Å². The summed E-state index contributed by atoms with van der Waals surface area (Å²) in [5.74, 6) is 0.409. The third kappa shape index (κ3) is 5.00. The summed E-state index contributed by atoms with van der Waals surface area (Å²) >= 11 is 1.21. The van der Waals surface area contributed by atoms with Crippen molar-refractivity contribution in [3.63, 3.8) is 0 Å². The van der Waals surface area contributed by atoms with Crippen molar-refractivity contribution in [2.45, 2.75) is 26.2 Å². The first kappa shape index (κ1) is 20.5. The number of carbonyl (C=O) groups is 2. The Morgan fingerprint density at radius 3 is 2.48 bits per heavy atom. The number of hydrogen-bond donors (Lipinski definition) is 2. The van der Waals surface area contributed by atoms with E-state index in [0.717, 1.165) is 17.7 Å². The van der Waals surface area contributed by atoms with E-state index < -0.39 is 0 Å². The second kappa shape index (κ2) is 9.34. The van der Waals surface area contributed by atoms with Crippen molar-refractivity contribution in [3.05, 3.63) is 70.7 Å². The van der Waals surface area contributed by atoms with Crippen LogP contribution in [0, 0.1) is 0 Å². The molecule has 0 fully saturated rings. The topological polar surface area (TPSA) is 80.3 Å². The first-order valence-corrected chi connectivity index (χ1v) is 10.2. The van der Waals surface area contributed by atoms with Crippen molar-refractivity contribution in [2.75, 3.05) is 17.7 Å². The molecule has 1 unspecified atom stereocenters. The number of nitrogens with one attached hydrogen (secondary N) is 2. The SMILES string of the molecule is CCC(C)c1ccccc1NC(=O)c1csc(NC(=O)c2ccc(OC)cc2)n1. The number of carbonyl (C=O) groups excluding carboxylic acids is 2. The molecule has 29 heavy (non-hydrogen) atoms. The van der Waals surface area contributed by atoms with Gasteiger partial charge in [0.05, 0.1) is 7.11 Å². The Hall–Kier alpha value is -3.19. The minimum Gasteiger partial charge on any atom is -0.497 e. The zero-order valence-corrected chi connectivity index (χ0v) is 17.4. The van der Waals surface area contributed by atoms with Gasteiger partial charge in [0.15, 0.2) is 5.13 Å². The van der Waals surface area contributed by atoms with Crippen LogP contribution in [-0.2, 0) is 0 Å². The second-order valence-electron chi connectivity index (χ2n) is 6.57. The molecule has 1 atom stereocenters. The average molecular weight is 410 g/mol. The van der Waals surface area contributed by atoms with Crippen molar-refractivity contribution in [1.29, 1.82) is 0 Å². The number of ether oxygens (including phenoxy) is 1. The predicted octanol–water partition coefficient (Wildman–Crippen LogP) is 5.17. The van der Waals surface area contributed by atoms with E-state index in [9.17, 15) is 9.59 Å². The monoisotopic (exact) mass is 409 g/mol. The van der Waals surface area contributed by atoms with Crippen molar-refractivity contribution in [1.82, 2.24) is 4.98 Å². The fourth-order valence-electron chi connectivity index (χ4n) is 2.79. The predicted molar refractivity (Wildman–Crippen MR) is 116 cm³/mol. The van der Waals surface area contributed by atoms with Crippen LogP contribution < -0.4 is 15.4 Å². The van der Waals surface area contributed by atoms with Crippen molar-refractivity contribution >= 4 is 34.0 Å². The van der Waals surface area contributed by atoms with Crippen LogP contribution in [0.5, 0.6) is 5.75 Å². The molecule has 7 heteroatoms. The highest BCUT2D eigenvalue weighted by Gasteiger charge is 2.16. The van der Waals surface area contributed by atoms with Gasteiger partial charge in [0.2, 0.25) is 0 Å². The minimum absolute atomic E-state index is 0.263. The first-order valence-electron chi connectivity index (χ1n) is 9.33. The Labute approximate surface area is 173 Å². The molecule has 0 radical (unpaired) electrons. The van der Waals surface area contributed by atoms with Gasteiger partial charge in [-0.15, -0.1) is 11.3 Å². The summed E-state index contributed by atoms with van der Waals surface area (Å²) in [6.07, 6.45) is 0.977. The standard InChI is InChI=1S/C22H23N3O3S/c1-4-14(2)17-7-5-6-8-18(17)23-21(27)19-13-29-22(24-19)25-20(26)15-9-11-16(28-3)12-10-15/h5-14H,4H2,1-3H3,(H,23,27)(H,24,25,26). The van der Waals surface area contributed by atoms with E-state index in [2.05, 4.69) is 29.5 Å². The van der Waals surface area contributed by atoms with Gasteiger partial charge in [-0.2, -0.15) is 0 Å². The molecule has 3 aromatic rings. The lowest BCUT2D eigenvalue weighted by molar-refractivity contribution is 0.101. The number of methoxy groups -OCH3 is 1. The van der Waals surface area contributed by atoms with Gasteiger partial charge in [-0.05, 0) is 48.2 Å². The molecule has 0 aliphatic rings. The zero-order valence-electron chi connectivity index (χ0n) is 16.6. The molecule has 150 valence electrons. The Morgan fingerprint density at radius 2 is 1.79 bits per heavy atom. The summed E-state index contributed by atoms with van der Waals surface area (Å²) in [7, 11) is 1.57. The molecule has 0 bridgehead atoms. The molecule has 2 aromatic carbocycles. The third-order valence-corrected chi connectivity index (χ3v) is 5.42. The fourth-order valence-corrected chi connectivity index (χ4v) is 3.48. The van der Waals surface area contributed by atoms with Crippen molar-refractivity contribution in [3.8, 4) is 5.75 Å². The Bertz CT molecular complexity index is 999. The number of anilines is 2.